The number of pyridine rings is 1. The van der Waals surface area contributed by atoms with Crippen molar-refractivity contribution in [3.63, 3.8) is 0 Å². The SMILES string of the molecule is Cc1cc(C)n(-c2nnc3nc4c5ccccc5c(=O)n(Cc5ccccc5)c4n3n2)n1. The van der Waals surface area contributed by atoms with Crippen LogP contribution in [0, 0.1) is 13.8 Å². The number of rotatable bonds is 3. The lowest BCUT2D eigenvalue weighted by Crippen LogP contribution is -2.23. The van der Waals surface area contributed by atoms with Crippen molar-refractivity contribution in [2.75, 3.05) is 0 Å². The molecule has 156 valence electrons. The average molecular weight is 422 g/mol. The summed E-state index contributed by atoms with van der Waals surface area (Å²) in [6.45, 7) is 4.22. The monoisotopic (exact) mass is 422 g/mol. The summed E-state index contributed by atoms with van der Waals surface area (Å²) in [7, 11) is 0. The van der Waals surface area contributed by atoms with Crippen LogP contribution in [0.5, 0.6) is 0 Å². The first-order chi connectivity index (χ1) is 15.6. The summed E-state index contributed by atoms with van der Waals surface area (Å²) >= 11 is 0. The van der Waals surface area contributed by atoms with E-state index in [0.717, 1.165) is 22.3 Å². The molecule has 0 saturated carbocycles. The molecule has 9 nitrogen and oxygen atoms in total. The van der Waals surface area contributed by atoms with Gasteiger partial charge >= 0.3 is 0 Å². The minimum atomic E-state index is -0.106. The van der Waals surface area contributed by atoms with Gasteiger partial charge in [-0.05, 0) is 31.5 Å². The zero-order valence-corrected chi connectivity index (χ0v) is 17.5. The van der Waals surface area contributed by atoms with E-state index in [1.807, 2.05) is 74.5 Å². The molecule has 0 aliphatic heterocycles. The molecule has 0 atom stereocenters. The van der Waals surface area contributed by atoms with Crippen molar-refractivity contribution in [3.8, 4) is 5.95 Å². The Balaban J connectivity index is 1.72. The topological polar surface area (TPSA) is 95.8 Å². The number of hydrogen-bond donors (Lipinski definition) is 0. The van der Waals surface area contributed by atoms with E-state index in [1.165, 1.54) is 0 Å². The van der Waals surface area contributed by atoms with E-state index < -0.39 is 0 Å². The number of hydrogen-bond acceptors (Lipinski definition) is 6. The van der Waals surface area contributed by atoms with Crippen molar-refractivity contribution < 1.29 is 0 Å². The minimum Gasteiger partial charge on any atom is -0.286 e. The third-order valence-electron chi connectivity index (χ3n) is 5.53. The molecule has 4 aromatic heterocycles. The molecule has 0 saturated heterocycles. The van der Waals surface area contributed by atoms with Gasteiger partial charge in [0, 0.05) is 16.5 Å². The lowest BCUT2D eigenvalue weighted by atomic mass is 10.1. The predicted molar refractivity (Wildman–Crippen MR) is 120 cm³/mol. The Morgan fingerprint density at radius 1 is 0.875 bits per heavy atom. The highest BCUT2D eigenvalue weighted by Gasteiger charge is 2.19. The van der Waals surface area contributed by atoms with E-state index >= 15 is 0 Å². The fourth-order valence-corrected chi connectivity index (χ4v) is 4.12. The first-order valence-corrected chi connectivity index (χ1v) is 10.2. The van der Waals surface area contributed by atoms with Crippen LogP contribution >= 0.6 is 0 Å². The molecule has 6 rings (SSSR count). The second kappa shape index (κ2) is 6.81. The summed E-state index contributed by atoms with van der Waals surface area (Å²) in [5.41, 5.74) is 3.87. The first kappa shape index (κ1) is 18.4. The zero-order chi connectivity index (χ0) is 21.8. The number of fused-ring (bicyclic) bond motifs is 5. The summed E-state index contributed by atoms with van der Waals surface area (Å²) < 4.78 is 4.92. The molecule has 0 spiro atoms. The van der Waals surface area contributed by atoms with Gasteiger partial charge in [0.2, 0.25) is 0 Å². The van der Waals surface area contributed by atoms with E-state index in [2.05, 4.69) is 25.4 Å². The number of imidazole rings is 1. The number of nitrogens with zero attached hydrogens (tertiary/aromatic N) is 8. The van der Waals surface area contributed by atoms with Gasteiger partial charge in [0.15, 0.2) is 5.65 Å². The number of aryl methyl sites for hydroxylation is 2. The quantitative estimate of drug-likeness (QED) is 0.435. The van der Waals surface area contributed by atoms with Gasteiger partial charge in [-0.15, -0.1) is 15.3 Å². The van der Waals surface area contributed by atoms with Crippen LogP contribution in [0.1, 0.15) is 17.0 Å². The van der Waals surface area contributed by atoms with Gasteiger partial charge in [0.1, 0.15) is 5.52 Å². The summed E-state index contributed by atoms with van der Waals surface area (Å²) in [6.07, 6.45) is 0. The van der Waals surface area contributed by atoms with Gasteiger partial charge in [-0.1, -0.05) is 48.5 Å². The molecule has 0 fully saturated rings. The fraction of sp³-hybridized carbons (Fsp3) is 0.130. The van der Waals surface area contributed by atoms with Crippen molar-refractivity contribution in [1.29, 1.82) is 0 Å². The van der Waals surface area contributed by atoms with Crippen LogP contribution < -0.4 is 5.56 Å². The number of aromatic nitrogens is 8. The van der Waals surface area contributed by atoms with Crippen molar-refractivity contribution in [3.05, 3.63) is 88.0 Å². The molecule has 32 heavy (non-hydrogen) atoms. The molecule has 9 heteroatoms. The molecule has 0 amide bonds. The Hall–Kier alpha value is -4.40. The molecular weight excluding hydrogens is 404 g/mol. The van der Waals surface area contributed by atoms with Crippen molar-refractivity contribution in [2.45, 2.75) is 20.4 Å². The van der Waals surface area contributed by atoms with Crippen LogP contribution in [0.4, 0.5) is 0 Å². The molecule has 0 unspecified atom stereocenters. The Morgan fingerprint density at radius 2 is 1.62 bits per heavy atom. The largest absolute Gasteiger partial charge is 0.287 e. The van der Waals surface area contributed by atoms with Gasteiger partial charge in [0.25, 0.3) is 17.3 Å². The highest BCUT2D eigenvalue weighted by molar-refractivity contribution is 6.03. The summed E-state index contributed by atoms with van der Waals surface area (Å²) in [6, 6.07) is 19.3. The van der Waals surface area contributed by atoms with E-state index in [9.17, 15) is 4.79 Å². The summed E-state index contributed by atoms with van der Waals surface area (Å²) in [5, 5.41) is 19.0. The van der Waals surface area contributed by atoms with Crippen LogP contribution in [0.15, 0.2) is 65.5 Å². The normalized spacial score (nSPS) is 11.7. The van der Waals surface area contributed by atoms with Gasteiger partial charge in [-0.3, -0.25) is 9.36 Å². The van der Waals surface area contributed by atoms with E-state index in [0.29, 0.717) is 34.8 Å². The van der Waals surface area contributed by atoms with Gasteiger partial charge in [0.05, 0.1) is 12.2 Å². The maximum Gasteiger partial charge on any atom is 0.287 e. The van der Waals surface area contributed by atoms with Gasteiger partial charge in [-0.2, -0.15) is 9.61 Å². The van der Waals surface area contributed by atoms with E-state index in [-0.39, 0.29) is 5.56 Å². The highest BCUT2D eigenvalue weighted by atomic mass is 16.1. The lowest BCUT2D eigenvalue weighted by Gasteiger charge is -2.10. The van der Waals surface area contributed by atoms with Crippen LogP contribution in [0.3, 0.4) is 0 Å². The van der Waals surface area contributed by atoms with Crippen LogP contribution in [0.25, 0.3) is 33.7 Å². The van der Waals surface area contributed by atoms with Gasteiger partial charge in [-0.25, -0.2) is 9.67 Å². The maximum absolute atomic E-state index is 13.5. The lowest BCUT2D eigenvalue weighted by molar-refractivity contribution is 0.691. The van der Waals surface area contributed by atoms with Crippen LogP contribution in [-0.2, 0) is 6.54 Å². The average Bonchev–Trinajstić information content (AvgIpc) is 3.36. The molecule has 2 aromatic carbocycles. The second-order valence-electron chi connectivity index (χ2n) is 7.76. The van der Waals surface area contributed by atoms with Crippen molar-refractivity contribution in [1.82, 2.24) is 39.1 Å². The molecule has 0 N–H and O–H groups in total. The van der Waals surface area contributed by atoms with Crippen molar-refractivity contribution in [2.24, 2.45) is 0 Å². The summed E-state index contributed by atoms with van der Waals surface area (Å²) in [4.78, 5) is 18.2. The predicted octanol–water partition coefficient (Wildman–Crippen LogP) is 2.84. The standard InChI is InChI=1S/C23H18N8O/c1-14-12-15(2)30(27-14)23-26-25-22-24-19-17-10-6-7-11-18(17)21(32)29(20(19)31(22)28-23)13-16-8-4-3-5-9-16/h3-12H,13H2,1-2H3. The Morgan fingerprint density at radius 3 is 2.38 bits per heavy atom. The second-order valence-corrected chi connectivity index (χ2v) is 7.76. The zero-order valence-electron chi connectivity index (χ0n) is 17.5. The molecule has 0 aliphatic carbocycles. The smallest absolute Gasteiger partial charge is 0.286 e. The van der Waals surface area contributed by atoms with Crippen LogP contribution in [-0.4, -0.2) is 39.1 Å². The minimum absolute atomic E-state index is 0.106. The Kier molecular flexibility index (Phi) is 3.91. The fourth-order valence-electron chi connectivity index (χ4n) is 4.12. The molecule has 0 bridgehead atoms. The Bertz CT molecular complexity index is 1690. The third kappa shape index (κ3) is 2.71. The molecule has 6 aromatic rings. The highest BCUT2D eigenvalue weighted by Crippen LogP contribution is 2.23. The molecular formula is C23H18N8O. The van der Waals surface area contributed by atoms with Crippen molar-refractivity contribution >= 4 is 27.7 Å². The van der Waals surface area contributed by atoms with E-state index in [1.54, 1.807) is 13.8 Å². The Labute approximate surface area is 181 Å². The summed E-state index contributed by atoms with van der Waals surface area (Å²) in [5.74, 6) is 0.636. The molecule has 0 aliphatic rings. The first-order valence-electron chi connectivity index (χ1n) is 10.2. The van der Waals surface area contributed by atoms with Gasteiger partial charge < -0.3 is 0 Å². The molecule has 4 heterocycles. The number of benzene rings is 2. The molecule has 0 radical (unpaired) electrons. The van der Waals surface area contributed by atoms with Crippen LogP contribution in [0.2, 0.25) is 0 Å². The van der Waals surface area contributed by atoms with E-state index in [4.69, 9.17) is 0 Å². The third-order valence-corrected chi connectivity index (χ3v) is 5.53. The maximum atomic E-state index is 13.5.